The minimum atomic E-state index is -0.693. The number of fused-ring (bicyclic) bond motifs is 2. The Morgan fingerprint density at radius 2 is 1.87 bits per heavy atom. The first-order chi connectivity index (χ1) is 18.3. The van der Waals surface area contributed by atoms with Crippen molar-refractivity contribution in [3.63, 3.8) is 0 Å². The highest BCUT2D eigenvalue weighted by Crippen LogP contribution is 2.27. The zero-order valence-corrected chi connectivity index (χ0v) is 21.8. The van der Waals surface area contributed by atoms with Crippen LogP contribution < -0.4 is 10.1 Å². The van der Waals surface area contributed by atoms with Crippen LogP contribution in [0.4, 0.5) is 5.69 Å². The second-order valence-corrected chi connectivity index (χ2v) is 9.80. The van der Waals surface area contributed by atoms with E-state index in [2.05, 4.69) is 16.0 Å². The number of hydrogen-bond acceptors (Lipinski definition) is 5. The molecule has 196 valence electrons. The molecule has 1 aliphatic heterocycles. The summed E-state index contributed by atoms with van der Waals surface area (Å²) in [4.78, 5) is 29.0. The van der Waals surface area contributed by atoms with Gasteiger partial charge in [0.2, 0.25) is 5.91 Å². The summed E-state index contributed by atoms with van der Waals surface area (Å²) < 4.78 is 8.09. The van der Waals surface area contributed by atoms with Gasteiger partial charge in [-0.2, -0.15) is 0 Å². The predicted molar refractivity (Wildman–Crippen MR) is 147 cm³/mol. The zero-order valence-electron chi connectivity index (χ0n) is 21.8. The summed E-state index contributed by atoms with van der Waals surface area (Å²) in [7, 11) is 5.48. The van der Waals surface area contributed by atoms with Crippen LogP contribution >= 0.6 is 0 Å². The Balaban J connectivity index is 1.31. The molecule has 38 heavy (non-hydrogen) atoms. The van der Waals surface area contributed by atoms with Gasteiger partial charge in [-0.1, -0.05) is 30.3 Å². The van der Waals surface area contributed by atoms with Crippen molar-refractivity contribution >= 4 is 28.4 Å². The summed E-state index contributed by atoms with van der Waals surface area (Å²) in [5.74, 6) is 0.508. The van der Waals surface area contributed by atoms with Crippen molar-refractivity contribution in [2.24, 2.45) is 7.05 Å². The summed E-state index contributed by atoms with van der Waals surface area (Å²) in [6, 6.07) is 22.9. The van der Waals surface area contributed by atoms with Gasteiger partial charge < -0.3 is 29.5 Å². The van der Waals surface area contributed by atoms with E-state index < -0.39 is 6.04 Å². The van der Waals surface area contributed by atoms with Gasteiger partial charge in [-0.05, 0) is 53.6 Å². The first-order valence-corrected chi connectivity index (χ1v) is 12.6. The van der Waals surface area contributed by atoms with E-state index in [4.69, 9.17) is 4.74 Å². The highest BCUT2D eigenvalue weighted by atomic mass is 16.5. The van der Waals surface area contributed by atoms with E-state index >= 15 is 0 Å². The summed E-state index contributed by atoms with van der Waals surface area (Å²) in [5.41, 5.74) is 5.32. The molecule has 1 aromatic heterocycles. The van der Waals surface area contributed by atoms with Crippen LogP contribution in [-0.4, -0.2) is 58.0 Å². The fraction of sp³-hybridized carbons (Fsp3) is 0.267. The van der Waals surface area contributed by atoms with Gasteiger partial charge >= 0.3 is 0 Å². The Kier molecular flexibility index (Phi) is 7.07. The fourth-order valence-electron chi connectivity index (χ4n) is 4.87. The van der Waals surface area contributed by atoms with E-state index in [1.807, 2.05) is 61.6 Å². The number of carbonyl (C=O) groups excluding carboxylic acids is 2. The van der Waals surface area contributed by atoms with Crippen LogP contribution in [0.3, 0.4) is 0 Å². The van der Waals surface area contributed by atoms with E-state index in [1.165, 1.54) is 0 Å². The largest absolute Gasteiger partial charge is 0.489 e. The minimum Gasteiger partial charge on any atom is -0.489 e. The summed E-state index contributed by atoms with van der Waals surface area (Å²) in [5, 5.41) is 13.7. The number of aromatic nitrogens is 1. The molecule has 2 amide bonds. The van der Waals surface area contributed by atoms with Gasteiger partial charge in [0.25, 0.3) is 5.91 Å². The number of amides is 2. The van der Waals surface area contributed by atoms with Crippen molar-refractivity contribution in [3.05, 3.63) is 95.2 Å². The van der Waals surface area contributed by atoms with Crippen LogP contribution in [-0.2, 0) is 31.5 Å². The molecule has 0 saturated carbocycles. The third-order valence-electron chi connectivity index (χ3n) is 7.05. The van der Waals surface area contributed by atoms with Crippen molar-refractivity contribution < 1.29 is 19.4 Å². The SMILES string of the molecule is CN(Cc1cc2cc(OCc3ccccc3)ccc2n1C)C(=O)c1ccc2c(c1)CN(C)C(=O)C(CO)N2. The minimum absolute atomic E-state index is 0.109. The highest BCUT2D eigenvalue weighted by Gasteiger charge is 2.27. The number of aliphatic hydroxyl groups is 1. The van der Waals surface area contributed by atoms with Gasteiger partial charge in [0.1, 0.15) is 18.4 Å². The Hall–Kier alpha value is -4.30. The molecule has 5 rings (SSSR count). The Labute approximate surface area is 222 Å². The van der Waals surface area contributed by atoms with Crippen molar-refractivity contribution in [1.29, 1.82) is 0 Å². The van der Waals surface area contributed by atoms with E-state index in [0.29, 0.717) is 25.3 Å². The molecule has 1 atom stereocenters. The maximum absolute atomic E-state index is 13.3. The standard InChI is InChI=1S/C30H32N4O4/c1-32-16-23-13-21(9-11-26(23)31-27(18-35)30(32)37)29(36)33(2)17-24-14-22-15-25(10-12-28(22)34(24)3)38-19-20-7-5-4-6-8-20/h4-15,27,31,35H,16-19H2,1-3H3. The summed E-state index contributed by atoms with van der Waals surface area (Å²) in [6.45, 7) is 1.01. The normalized spacial score (nSPS) is 15.1. The summed E-state index contributed by atoms with van der Waals surface area (Å²) >= 11 is 0. The third-order valence-corrected chi connectivity index (χ3v) is 7.05. The van der Waals surface area contributed by atoms with Crippen molar-refractivity contribution in [3.8, 4) is 5.75 Å². The molecule has 0 fully saturated rings. The quantitative estimate of drug-likeness (QED) is 0.394. The molecule has 8 heteroatoms. The molecule has 0 saturated heterocycles. The smallest absolute Gasteiger partial charge is 0.253 e. The molecule has 1 unspecified atom stereocenters. The van der Waals surface area contributed by atoms with E-state index in [0.717, 1.165) is 39.2 Å². The van der Waals surface area contributed by atoms with Crippen LogP contribution in [0.2, 0.25) is 0 Å². The number of ether oxygens (including phenoxy) is 1. The number of likely N-dealkylation sites (N-methyl/N-ethyl adjacent to an activating group) is 1. The lowest BCUT2D eigenvalue weighted by molar-refractivity contribution is -0.131. The zero-order chi connectivity index (χ0) is 26.8. The first kappa shape index (κ1) is 25.4. The van der Waals surface area contributed by atoms with Crippen molar-refractivity contribution in [1.82, 2.24) is 14.4 Å². The second-order valence-electron chi connectivity index (χ2n) is 9.80. The van der Waals surface area contributed by atoms with Crippen molar-refractivity contribution in [2.45, 2.75) is 25.7 Å². The molecule has 2 N–H and O–H groups in total. The van der Waals surface area contributed by atoms with Crippen LogP contribution in [0.5, 0.6) is 5.75 Å². The molecule has 8 nitrogen and oxygen atoms in total. The molecule has 3 aromatic carbocycles. The van der Waals surface area contributed by atoms with Crippen LogP contribution in [0.15, 0.2) is 72.8 Å². The number of carbonyl (C=O) groups is 2. The number of nitrogens with one attached hydrogen (secondary N) is 1. The number of rotatable bonds is 7. The average Bonchev–Trinajstić information content (AvgIpc) is 3.17. The predicted octanol–water partition coefficient (Wildman–Crippen LogP) is 3.77. The van der Waals surface area contributed by atoms with Gasteiger partial charge in [0, 0.05) is 55.5 Å². The lowest BCUT2D eigenvalue weighted by Crippen LogP contribution is -2.40. The molecule has 0 spiro atoms. The molecule has 0 aliphatic carbocycles. The molecular weight excluding hydrogens is 480 g/mol. The first-order valence-electron chi connectivity index (χ1n) is 12.6. The van der Waals surface area contributed by atoms with Crippen LogP contribution in [0.25, 0.3) is 10.9 Å². The van der Waals surface area contributed by atoms with Gasteiger partial charge in [-0.25, -0.2) is 0 Å². The number of aryl methyl sites for hydroxylation is 1. The molecule has 0 radical (unpaired) electrons. The molecular formula is C30H32N4O4. The maximum atomic E-state index is 13.3. The lowest BCUT2D eigenvalue weighted by atomic mass is 10.1. The average molecular weight is 513 g/mol. The fourth-order valence-corrected chi connectivity index (χ4v) is 4.87. The molecule has 0 bridgehead atoms. The molecule has 2 heterocycles. The molecule has 4 aromatic rings. The Bertz CT molecular complexity index is 1480. The topological polar surface area (TPSA) is 87.0 Å². The van der Waals surface area contributed by atoms with E-state index in [1.54, 1.807) is 36.0 Å². The van der Waals surface area contributed by atoms with Gasteiger partial charge in [-0.3, -0.25) is 9.59 Å². The number of anilines is 1. The van der Waals surface area contributed by atoms with E-state index in [-0.39, 0.29) is 18.4 Å². The number of benzene rings is 3. The maximum Gasteiger partial charge on any atom is 0.253 e. The number of aliphatic hydroxyl groups excluding tert-OH is 1. The van der Waals surface area contributed by atoms with E-state index in [9.17, 15) is 14.7 Å². The van der Waals surface area contributed by atoms with Gasteiger partial charge in [-0.15, -0.1) is 0 Å². The monoisotopic (exact) mass is 512 g/mol. The number of hydrogen-bond donors (Lipinski definition) is 2. The van der Waals surface area contributed by atoms with Crippen LogP contribution in [0, 0.1) is 0 Å². The lowest BCUT2D eigenvalue weighted by Gasteiger charge is -2.19. The van der Waals surface area contributed by atoms with Gasteiger partial charge in [0.05, 0.1) is 13.2 Å². The molecule has 1 aliphatic rings. The highest BCUT2D eigenvalue weighted by molar-refractivity contribution is 5.95. The van der Waals surface area contributed by atoms with Gasteiger partial charge in [0.15, 0.2) is 0 Å². The third kappa shape index (κ3) is 5.08. The van der Waals surface area contributed by atoms with Crippen molar-refractivity contribution in [2.75, 3.05) is 26.0 Å². The van der Waals surface area contributed by atoms with Crippen LogP contribution in [0.1, 0.15) is 27.2 Å². The Morgan fingerprint density at radius 3 is 2.63 bits per heavy atom. The Morgan fingerprint density at radius 1 is 1.08 bits per heavy atom. The second kappa shape index (κ2) is 10.6. The number of nitrogens with zero attached hydrogens (tertiary/aromatic N) is 3. The summed E-state index contributed by atoms with van der Waals surface area (Å²) in [6.07, 6.45) is 0.